The standard InChI is InChI=1S/C29H24Cl2N2O2/c1-16-12-13-17-8-5-6-9-19(17)24(16)20-14-18(29(2,3)4)15-21(26(20)34)28-32-27(33-35-28)25-22(30)10-7-11-23(25)31/h5-15,34H,1-4H3. The maximum atomic E-state index is 11.6. The molecule has 0 saturated heterocycles. The van der Waals surface area contributed by atoms with Gasteiger partial charge in [0.1, 0.15) is 5.75 Å². The van der Waals surface area contributed by atoms with Crippen LogP contribution in [-0.2, 0) is 5.41 Å². The number of aryl methyl sites for hydroxylation is 1. The van der Waals surface area contributed by atoms with Gasteiger partial charge in [0.25, 0.3) is 5.89 Å². The molecule has 0 radical (unpaired) electrons. The molecule has 4 aromatic carbocycles. The number of aromatic nitrogens is 2. The lowest BCUT2D eigenvalue weighted by Crippen LogP contribution is -2.11. The zero-order valence-electron chi connectivity index (χ0n) is 19.9. The van der Waals surface area contributed by atoms with E-state index in [-0.39, 0.29) is 22.9 Å². The van der Waals surface area contributed by atoms with Gasteiger partial charge in [-0.1, -0.05) is 91.6 Å². The summed E-state index contributed by atoms with van der Waals surface area (Å²) in [6.07, 6.45) is 0. The van der Waals surface area contributed by atoms with Crippen LogP contribution in [-0.4, -0.2) is 15.2 Å². The van der Waals surface area contributed by atoms with Gasteiger partial charge >= 0.3 is 0 Å². The molecule has 0 bridgehead atoms. The SMILES string of the molecule is Cc1ccc2ccccc2c1-c1cc(C(C)(C)C)cc(-c2nc(-c3c(Cl)cccc3Cl)no2)c1O. The molecule has 176 valence electrons. The molecule has 5 aromatic rings. The number of halogens is 2. The minimum absolute atomic E-state index is 0.0814. The van der Waals surface area contributed by atoms with Crippen LogP contribution >= 0.6 is 23.2 Å². The van der Waals surface area contributed by atoms with E-state index in [0.29, 0.717) is 21.2 Å². The van der Waals surface area contributed by atoms with Crippen molar-refractivity contribution < 1.29 is 9.63 Å². The highest BCUT2D eigenvalue weighted by Crippen LogP contribution is 2.45. The first-order valence-electron chi connectivity index (χ1n) is 11.3. The Bertz CT molecular complexity index is 1560. The molecular weight excluding hydrogens is 479 g/mol. The van der Waals surface area contributed by atoms with Crippen molar-refractivity contribution >= 4 is 34.0 Å². The highest BCUT2D eigenvalue weighted by molar-refractivity contribution is 6.39. The van der Waals surface area contributed by atoms with E-state index in [1.54, 1.807) is 18.2 Å². The number of aromatic hydroxyl groups is 1. The number of phenolic OH excluding ortho intramolecular Hbond substituents is 1. The molecule has 6 heteroatoms. The Labute approximate surface area is 214 Å². The molecule has 0 amide bonds. The zero-order chi connectivity index (χ0) is 24.9. The van der Waals surface area contributed by atoms with Crippen molar-refractivity contribution in [3.63, 3.8) is 0 Å². The summed E-state index contributed by atoms with van der Waals surface area (Å²) < 4.78 is 5.63. The van der Waals surface area contributed by atoms with Crippen LogP contribution in [0.1, 0.15) is 31.9 Å². The molecular formula is C29H24Cl2N2O2. The molecule has 0 fully saturated rings. The van der Waals surface area contributed by atoms with Gasteiger partial charge in [0, 0.05) is 5.56 Å². The van der Waals surface area contributed by atoms with E-state index in [0.717, 1.165) is 33.0 Å². The second-order valence-corrected chi connectivity index (χ2v) is 10.5. The second kappa shape index (κ2) is 8.71. The fraction of sp³-hybridized carbons (Fsp3) is 0.172. The quantitative estimate of drug-likeness (QED) is 0.267. The van der Waals surface area contributed by atoms with Gasteiger partial charge < -0.3 is 9.63 Å². The largest absolute Gasteiger partial charge is 0.506 e. The van der Waals surface area contributed by atoms with E-state index >= 15 is 0 Å². The maximum absolute atomic E-state index is 11.6. The molecule has 35 heavy (non-hydrogen) atoms. The van der Waals surface area contributed by atoms with E-state index in [1.165, 1.54) is 0 Å². The Morgan fingerprint density at radius 1 is 0.829 bits per heavy atom. The molecule has 5 rings (SSSR count). The molecule has 1 N–H and O–H groups in total. The summed E-state index contributed by atoms with van der Waals surface area (Å²) in [6.45, 7) is 8.44. The van der Waals surface area contributed by atoms with E-state index < -0.39 is 0 Å². The number of benzene rings is 4. The van der Waals surface area contributed by atoms with Gasteiger partial charge in [-0.15, -0.1) is 0 Å². The summed E-state index contributed by atoms with van der Waals surface area (Å²) in [4.78, 5) is 4.57. The summed E-state index contributed by atoms with van der Waals surface area (Å²) >= 11 is 12.7. The Hall–Kier alpha value is -3.34. The minimum atomic E-state index is -0.190. The molecule has 0 aliphatic rings. The van der Waals surface area contributed by atoms with E-state index in [1.807, 2.05) is 18.2 Å². The summed E-state index contributed by atoms with van der Waals surface area (Å²) in [7, 11) is 0. The van der Waals surface area contributed by atoms with Crippen molar-refractivity contribution in [2.75, 3.05) is 0 Å². The van der Waals surface area contributed by atoms with Crippen molar-refractivity contribution in [3.05, 3.63) is 87.9 Å². The fourth-order valence-electron chi connectivity index (χ4n) is 4.30. The number of phenols is 1. The van der Waals surface area contributed by atoms with Gasteiger partial charge in [0.05, 0.1) is 21.2 Å². The van der Waals surface area contributed by atoms with E-state index in [2.05, 4.69) is 68.2 Å². The lowest BCUT2D eigenvalue weighted by Gasteiger charge is -2.23. The Morgan fingerprint density at radius 2 is 1.51 bits per heavy atom. The minimum Gasteiger partial charge on any atom is -0.506 e. The Kier molecular flexibility index (Phi) is 5.82. The van der Waals surface area contributed by atoms with Crippen molar-refractivity contribution in [2.24, 2.45) is 0 Å². The zero-order valence-corrected chi connectivity index (χ0v) is 21.4. The van der Waals surface area contributed by atoms with Gasteiger partial charge in [-0.3, -0.25) is 0 Å². The predicted octanol–water partition coefficient (Wildman–Crippen LogP) is 8.84. The monoisotopic (exact) mass is 502 g/mol. The maximum Gasteiger partial charge on any atom is 0.262 e. The third-order valence-electron chi connectivity index (χ3n) is 6.23. The molecule has 0 saturated carbocycles. The Morgan fingerprint density at radius 3 is 2.23 bits per heavy atom. The molecule has 0 aliphatic carbocycles. The fourth-order valence-corrected chi connectivity index (χ4v) is 4.87. The molecule has 0 aliphatic heterocycles. The van der Waals surface area contributed by atoms with Crippen LogP contribution in [0, 0.1) is 6.92 Å². The number of hydrogen-bond acceptors (Lipinski definition) is 4. The molecule has 4 nitrogen and oxygen atoms in total. The van der Waals surface area contributed by atoms with Crippen LogP contribution in [0.25, 0.3) is 44.7 Å². The van der Waals surface area contributed by atoms with Crippen LogP contribution in [0.2, 0.25) is 10.0 Å². The number of nitrogens with zero attached hydrogens (tertiary/aromatic N) is 2. The Balaban J connectivity index is 1.77. The molecule has 1 heterocycles. The number of rotatable bonds is 3. The van der Waals surface area contributed by atoms with Crippen molar-refractivity contribution in [2.45, 2.75) is 33.1 Å². The topological polar surface area (TPSA) is 59.2 Å². The lowest BCUT2D eigenvalue weighted by molar-refractivity contribution is 0.425. The average molecular weight is 503 g/mol. The van der Waals surface area contributed by atoms with Gasteiger partial charge in [-0.05, 0) is 64.1 Å². The van der Waals surface area contributed by atoms with Gasteiger partial charge in [0.2, 0.25) is 5.82 Å². The second-order valence-electron chi connectivity index (χ2n) is 9.67. The van der Waals surface area contributed by atoms with Crippen molar-refractivity contribution in [1.82, 2.24) is 10.1 Å². The predicted molar refractivity (Wildman–Crippen MR) is 143 cm³/mol. The first-order valence-corrected chi connectivity index (χ1v) is 12.1. The third kappa shape index (κ3) is 4.18. The summed E-state index contributed by atoms with van der Waals surface area (Å²) in [5, 5.41) is 18.7. The lowest BCUT2D eigenvalue weighted by atomic mass is 9.82. The summed E-state index contributed by atoms with van der Waals surface area (Å²) in [5.41, 5.74) is 4.54. The summed E-state index contributed by atoms with van der Waals surface area (Å²) in [5.74, 6) is 0.538. The molecule has 0 atom stereocenters. The van der Waals surface area contributed by atoms with Gasteiger partial charge in [0.15, 0.2) is 0 Å². The highest BCUT2D eigenvalue weighted by atomic mass is 35.5. The third-order valence-corrected chi connectivity index (χ3v) is 6.86. The van der Waals surface area contributed by atoms with Crippen LogP contribution in [0.4, 0.5) is 0 Å². The molecule has 0 spiro atoms. The smallest absolute Gasteiger partial charge is 0.262 e. The van der Waals surface area contributed by atoms with E-state index in [4.69, 9.17) is 27.7 Å². The van der Waals surface area contributed by atoms with Crippen LogP contribution in [0.3, 0.4) is 0 Å². The van der Waals surface area contributed by atoms with Crippen LogP contribution < -0.4 is 0 Å². The van der Waals surface area contributed by atoms with Crippen LogP contribution in [0.5, 0.6) is 5.75 Å². The van der Waals surface area contributed by atoms with Gasteiger partial charge in [-0.25, -0.2) is 0 Å². The molecule has 1 aromatic heterocycles. The van der Waals surface area contributed by atoms with Gasteiger partial charge in [-0.2, -0.15) is 4.98 Å². The first-order chi connectivity index (χ1) is 16.6. The highest BCUT2D eigenvalue weighted by Gasteiger charge is 2.25. The van der Waals surface area contributed by atoms with Crippen LogP contribution in [0.15, 0.2) is 71.3 Å². The average Bonchev–Trinajstić information content (AvgIpc) is 3.28. The van der Waals surface area contributed by atoms with Crippen molar-refractivity contribution in [1.29, 1.82) is 0 Å². The first kappa shape index (κ1) is 23.4. The number of hydrogen-bond donors (Lipinski definition) is 1. The normalized spacial score (nSPS) is 11.8. The molecule has 0 unspecified atom stereocenters. The summed E-state index contributed by atoms with van der Waals surface area (Å²) in [6, 6.07) is 21.5. The number of fused-ring (bicyclic) bond motifs is 1. The van der Waals surface area contributed by atoms with Crippen molar-refractivity contribution in [3.8, 4) is 39.7 Å². The van der Waals surface area contributed by atoms with E-state index in [9.17, 15) is 5.11 Å².